The molecule has 3 rings (SSSR count). The van der Waals surface area contributed by atoms with Crippen LogP contribution in [0.4, 0.5) is 0 Å². The Bertz CT molecular complexity index is 664. The van der Waals surface area contributed by atoms with Gasteiger partial charge in [0.1, 0.15) is 0 Å². The van der Waals surface area contributed by atoms with Crippen LogP contribution in [-0.4, -0.2) is 43.8 Å². The van der Waals surface area contributed by atoms with Gasteiger partial charge in [-0.3, -0.25) is 9.69 Å². The van der Waals surface area contributed by atoms with E-state index >= 15 is 0 Å². The molecule has 2 saturated heterocycles. The number of nitrogens with zero attached hydrogens (tertiary/aromatic N) is 1. The Hall–Kier alpha value is -1.40. The molecule has 0 radical (unpaired) electrons. The van der Waals surface area contributed by atoms with Crippen molar-refractivity contribution in [1.82, 2.24) is 10.2 Å². The summed E-state index contributed by atoms with van der Waals surface area (Å²) < 4.78 is 22.8. The lowest BCUT2D eigenvalue weighted by molar-refractivity contribution is -0.122. The summed E-state index contributed by atoms with van der Waals surface area (Å²) in [7, 11) is -2.91. The normalized spacial score (nSPS) is 23.4. The summed E-state index contributed by atoms with van der Waals surface area (Å²) in [6, 6.07) is 8.38. The SMILES string of the molecule is O=C(CC1CCS(=O)(=O)C1)NCc1ccc(CN2CCCC2)cc1. The number of nitrogens with one attached hydrogen (secondary N) is 1. The highest BCUT2D eigenvalue weighted by molar-refractivity contribution is 7.91. The van der Waals surface area contributed by atoms with Crippen molar-refractivity contribution in [3.8, 4) is 0 Å². The molecule has 1 unspecified atom stereocenters. The molecule has 2 fully saturated rings. The lowest BCUT2D eigenvalue weighted by atomic mass is 10.0. The van der Waals surface area contributed by atoms with Gasteiger partial charge in [-0.2, -0.15) is 0 Å². The van der Waals surface area contributed by atoms with Gasteiger partial charge in [0.15, 0.2) is 9.84 Å². The fourth-order valence-corrected chi connectivity index (χ4v) is 5.39. The zero-order chi connectivity index (χ0) is 17.0. The highest BCUT2D eigenvalue weighted by Gasteiger charge is 2.29. The highest BCUT2D eigenvalue weighted by atomic mass is 32.2. The Labute approximate surface area is 144 Å². The van der Waals surface area contributed by atoms with Crippen LogP contribution >= 0.6 is 0 Å². The summed E-state index contributed by atoms with van der Waals surface area (Å²) in [5.74, 6) is 0.311. The standard InChI is InChI=1S/C18H26N2O3S/c21-18(11-17-7-10-24(22,23)14-17)19-12-15-3-5-16(6-4-15)13-20-8-1-2-9-20/h3-6,17H,1-2,7-14H2,(H,19,21). The monoisotopic (exact) mass is 350 g/mol. The molecular formula is C18H26N2O3S. The Balaban J connectivity index is 1.42. The first-order chi connectivity index (χ1) is 11.5. The van der Waals surface area contributed by atoms with Gasteiger partial charge < -0.3 is 5.32 Å². The van der Waals surface area contributed by atoms with E-state index in [-0.39, 0.29) is 23.3 Å². The first-order valence-electron chi connectivity index (χ1n) is 8.77. The van der Waals surface area contributed by atoms with Crippen molar-refractivity contribution in [2.45, 2.75) is 38.8 Å². The van der Waals surface area contributed by atoms with Crippen LogP contribution in [0.3, 0.4) is 0 Å². The number of hydrogen-bond acceptors (Lipinski definition) is 4. The smallest absolute Gasteiger partial charge is 0.220 e. The van der Waals surface area contributed by atoms with E-state index in [2.05, 4.69) is 34.5 Å². The second-order valence-corrected chi connectivity index (χ2v) is 9.28. The fourth-order valence-electron chi connectivity index (χ4n) is 3.53. The molecule has 2 heterocycles. The summed E-state index contributed by atoms with van der Waals surface area (Å²) in [6.07, 6.45) is 3.52. The van der Waals surface area contributed by atoms with Crippen molar-refractivity contribution in [3.63, 3.8) is 0 Å². The summed E-state index contributed by atoms with van der Waals surface area (Å²) in [5.41, 5.74) is 2.38. The van der Waals surface area contributed by atoms with E-state index in [9.17, 15) is 13.2 Å². The van der Waals surface area contributed by atoms with Crippen molar-refractivity contribution in [2.75, 3.05) is 24.6 Å². The van der Waals surface area contributed by atoms with E-state index in [0.29, 0.717) is 19.4 Å². The molecule has 6 heteroatoms. The highest BCUT2D eigenvalue weighted by Crippen LogP contribution is 2.21. The summed E-state index contributed by atoms with van der Waals surface area (Å²) >= 11 is 0. The van der Waals surface area contributed by atoms with Crippen LogP contribution in [0, 0.1) is 5.92 Å². The van der Waals surface area contributed by atoms with Crippen LogP contribution in [0.15, 0.2) is 24.3 Å². The molecule has 1 aromatic rings. The third kappa shape index (κ3) is 5.05. The van der Waals surface area contributed by atoms with E-state index in [1.165, 1.54) is 31.5 Å². The number of hydrogen-bond donors (Lipinski definition) is 1. The molecule has 0 spiro atoms. The first-order valence-corrected chi connectivity index (χ1v) is 10.6. The summed E-state index contributed by atoms with van der Waals surface area (Å²) in [6.45, 7) is 3.88. The lowest BCUT2D eigenvalue weighted by Crippen LogP contribution is -2.25. The minimum absolute atomic E-state index is 0.0159. The minimum Gasteiger partial charge on any atom is -0.352 e. The summed E-state index contributed by atoms with van der Waals surface area (Å²) in [4.78, 5) is 14.4. The Morgan fingerprint density at radius 1 is 1.12 bits per heavy atom. The van der Waals surface area contributed by atoms with Gasteiger partial charge in [-0.25, -0.2) is 8.42 Å². The van der Waals surface area contributed by atoms with E-state index in [1.807, 2.05) is 0 Å². The average molecular weight is 350 g/mol. The molecule has 0 bridgehead atoms. The van der Waals surface area contributed by atoms with Gasteiger partial charge in [-0.05, 0) is 49.4 Å². The van der Waals surface area contributed by atoms with Crippen LogP contribution in [0.5, 0.6) is 0 Å². The summed E-state index contributed by atoms with van der Waals surface area (Å²) in [5, 5.41) is 2.90. The predicted octanol–water partition coefficient (Wildman–Crippen LogP) is 1.72. The molecule has 1 atom stereocenters. The number of rotatable bonds is 6. The number of sulfone groups is 1. The number of likely N-dealkylation sites (tertiary alicyclic amines) is 1. The predicted molar refractivity (Wildman–Crippen MR) is 94.2 cm³/mol. The van der Waals surface area contributed by atoms with Crippen molar-refractivity contribution >= 4 is 15.7 Å². The van der Waals surface area contributed by atoms with Crippen LogP contribution < -0.4 is 5.32 Å². The zero-order valence-electron chi connectivity index (χ0n) is 14.0. The maximum absolute atomic E-state index is 12.0. The molecule has 0 aliphatic carbocycles. The van der Waals surface area contributed by atoms with E-state index in [4.69, 9.17) is 0 Å². The van der Waals surface area contributed by atoms with Crippen molar-refractivity contribution in [3.05, 3.63) is 35.4 Å². The van der Waals surface area contributed by atoms with Crippen LogP contribution in [0.1, 0.15) is 36.8 Å². The molecule has 0 aromatic heterocycles. The molecule has 1 N–H and O–H groups in total. The Morgan fingerprint density at radius 3 is 2.42 bits per heavy atom. The van der Waals surface area contributed by atoms with Gasteiger partial charge in [0.25, 0.3) is 0 Å². The van der Waals surface area contributed by atoms with Gasteiger partial charge in [0.2, 0.25) is 5.91 Å². The molecule has 0 saturated carbocycles. The quantitative estimate of drug-likeness (QED) is 0.848. The van der Waals surface area contributed by atoms with Crippen LogP contribution in [0.2, 0.25) is 0 Å². The van der Waals surface area contributed by atoms with Gasteiger partial charge in [0, 0.05) is 19.5 Å². The molecule has 1 amide bonds. The Kier molecular flexibility index (Phi) is 5.56. The third-order valence-corrected chi connectivity index (χ3v) is 6.76. The zero-order valence-corrected chi connectivity index (χ0v) is 14.9. The minimum atomic E-state index is -2.91. The second kappa shape index (κ2) is 7.66. The fraction of sp³-hybridized carbons (Fsp3) is 0.611. The number of carbonyl (C=O) groups excluding carboxylic acids is 1. The van der Waals surface area contributed by atoms with Gasteiger partial charge in [-0.15, -0.1) is 0 Å². The van der Waals surface area contributed by atoms with Crippen molar-refractivity contribution in [1.29, 1.82) is 0 Å². The third-order valence-electron chi connectivity index (χ3n) is 4.92. The van der Waals surface area contributed by atoms with E-state index in [1.54, 1.807) is 0 Å². The van der Waals surface area contributed by atoms with Gasteiger partial charge in [0.05, 0.1) is 11.5 Å². The topological polar surface area (TPSA) is 66.5 Å². The molecular weight excluding hydrogens is 324 g/mol. The number of carbonyl (C=O) groups is 1. The van der Waals surface area contributed by atoms with Crippen molar-refractivity contribution in [2.24, 2.45) is 5.92 Å². The van der Waals surface area contributed by atoms with Crippen LogP contribution in [0.25, 0.3) is 0 Å². The molecule has 24 heavy (non-hydrogen) atoms. The second-order valence-electron chi connectivity index (χ2n) is 7.05. The van der Waals surface area contributed by atoms with Crippen LogP contribution in [-0.2, 0) is 27.7 Å². The van der Waals surface area contributed by atoms with Gasteiger partial charge in [-0.1, -0.05) is 24.3 Å². The first kappa shape index (κ1) is 17.4. The molecule has 2 aliphatic heterocycles. The number of benzene rings is 1. The van der Waals surface area contributed by atoms with E-state index < -0.39 is 9.84 Å². The van der Waals surface area contributed by atoms with Crippen molar-refractivity contribution < 1.29 is 13.2 Å². The maximum Gasteiger partial charge on any atom is 0.220 e. The number of amides is 1. The lowest BCUT2D eigenvalue weighted by Gasteiger charge is -2.15. The van der Waals surface area contributed by atoms with Gasteiger partial charge >= 0.3 is 0 Å². The largest absolute Gasteiger partial charge is 0.352 e. The molecule has 132 valence electrons. The molecule has 5 nitrogen and oxygen atoms in total. The average Bonchev–Trinajstić information content (AvgIpc) is 3.16. The van der Waals surface area contributed by atoms with E-state index in [0.717, 1.165) is 12.1 Å². The molecule has 1 aromatic carbocycles. The maximum atomic E-state index is 12.0. The molecule has 2 aliphatic rings. The Morgan fingerprint density at radius 2 is 1.79 bits per heavy atom.